The quantitative estimate of drug-likeness (QED) is 0.161. The Morgan fingerprint density at radius 2 is 1.21 bits per heavy atom. The Labute approximate surface area is 204 Å². The molecule has 1 atom stereocenters. The minimum atomic E-state index is -0.136. The minimum absolute atomic E-state index is 0.0846. The molecule has 0 saturated heterocycles. The predicted octanol–water partition coefficient (Wildman–Crippen LogP) is 8.01. The molecule has 0 radical (unpaired) electrons. The summed E-state index contributed by atoms with van der Waals surface area (Å²) < 4.78 is 17.8. The summed E-state index contributed by atoms with van der Waals surface area (Å²) in [4.78, 5) is 11.7. The molecule has 194 valence electrons. The van der Waals surface area contributed by atoms with E-state index in [4.69, 9.17) is 14.2 Å². The van der Waals surface area contributed by atoms with Gasteiger partial charge in [0.25, 0.3) is 0 Å². The molecule has 2 aliphatic rings. The monoisotopic (exact) mass is 466 g/mol. The highest BCUT2D eigenvalue weighted by Gasteiger charge is 2.31. The molecule has 0 N–H and O–H groups in total. The number of rotatable bonds is 17. The Kier molecular flexibility index (Phi) is 15.4. The zero-order valence-corrected chi connectivity index (χ0v) is 22.2. The van der Waals surface area contributed by atoms with E-state index >= 15 is 0 Å². The van der Waals surface area contributed by atoms with Gasteiger partial charge in [0.2, 0.25) is 0 Å². The number of esters is 1. The van der Waals surface area contributed by atoms with Crippen LogP contribution in [-0.2, 0) is 19.0 Å². The van der Waals surface area contributed by atoms with Crippen molar-refractivity contribution in [2.24, 2.45) is 11.8 Å². The molecule has 0 aromatic heterocycles. The first kappa shape index (κ1) is 28.6. The van der Waals surface area contributed by atoms with E-state index in [0.717, 1.165) is 44.1 Å². The van der Waals surface area contributed by atoms with E-state index < -0.39 is 0 Å². The molecule has 0 amide bonds. The van der Waals surface area contributed by atoms with Crippen LogP contribution in [0.25, 0.3) is 0 Å². The molecule has 0 heterocycles. The second-order valence-corrected chi connectivity index (χ2v) is 10.8. The SMILES string of the molecule is CCCCCCCCCOC1CCC(C2CCC(OCC(C)OC(=O)CCCC)CC2)CC1. The van der Waals surface area contributed by atoms with E-state index in [0.29, 0.717) is 25.2 Å². The summed E-state index contributed by atoms with van der Waals surface area (Å²) in [6.07, 6.45) is 22.8. The summed E-state index contributed by atoms with van der Waals surface area (Å²) in [7, 11) is 0. The molecule has 0 aromatic carbocycles. The second-order valence-electron chi connectivity index (χ2n) is 10.8. The number of hydrogen-bond acceptors (Lipinski definition) is 4. The first-order chi connectivity index (χ1) is 16.1. The molecule has 0 spiro atoms. The lowest BCUT2D eigenvalue weighted by atomic mass is 9.72. The molecular weight excluding hydrogens is 412 g/mol. The smallest absolute Gasteiger partial charge is 0.306 e. The van der Waals surface area contributed by atoms with E-state index in [9.17, 15) is 4.79 Å². The van der Waals surface area contributed by atoms with Crippen molar-refractivity contribution in [1.29, 1.82) is 0 Å². The molecular formula is C29H54O4. The van der Waals surface area contributed by atoms with Gasteiger partial charge in [0, 0.05) is 13.0 Å². The number of unbranched alkanes of at least 4 members (excludes halogenated alkanes) is 7. The molecule has 0 bridgehead atoms. The van der Waals surface area contributed by atoms with Crippen molar-refractivity contribution in [1.82, 2.24) is 0 Å². The topological polar surface area (TPSA) is 44.8 Å². The normalized spacial score (nSPS) is 26.8. The molecule has 1 unspecified atom stereocenters. The van der Waals surface area contributed by atoms with Crippen molar-refractivity contribution in [2.75, 3.05) is 13.2 Å². The van der Waals surface area contributed by atoms with Crippen LogP contribution in [0.1, 0.15) is 136 Å². The third-order valence-electron chi connectivity index (χ3n) is 7.84. The van der Waals surface area contributed by atoms with Gasteiger partial charge in [-0.3, -0.25) is 4.79 Å². The molecule has 2 rings (SSSR count). The molecule has 4 heteroatoms. The Morgan fingerprint density at radius 1 is 0.697 bits per heavy atom. The van der Waals surface area contributed by atoms with Crippen molar-refractivity contribution in [3.8, 4) is 0 Å². The average molecular weight is 467 g/mol. The molecule has 2 fully saturated rings. The maximum atomic E-state index is 11.7. The standard InChI is InChI=1S/C29H54O4/c1-4-6-8-9-10-11-12-22-31-27-18-14-25(15-19-27)26-16-20-28(21-17-26)32-23-24(3)33-29(30)13-7-5-2/h24-28H,4-23H2,1-3H3. The van der Waals surface area contributed by atoms with Crippen molar-refractivity contribution in [3.63, 3.8) is 0 Å². The van der Waals surface area contributed by atoms with Crippen LogP contribution in [0.15, 0.2) is 0 Å². The lowest BCUT2D eigenvalue weighted by Gasteiger charge is -2.37. The van der Waals surface area contributed by atoms with Crippen LogP contribution >= 0.6 is 0 Å². The number of hydrogen-bond donors (Lipinski definition) is 0. The third-order valence-corrected chi connectivity index (χ3v) is 7.84. The highest BCUT2D eigenvalue weighted by atomic mass is 16.6. The van der Waals surface area contributed by atoms with Gasteiger partial charge < -0.3 is 14.2 Å². The first-order valence-corrected chi connectivity index (χ1v) is 14.5. The fourth-order valence-corrected chi connectivity index (χ4v) is 5.67. The van der Waals surface area contributed by atoms with Gasteiger partial charge in [0.15, 0.2) is 0 Å². The van der Waals surface area contributed by atoms with Gasteiger partial charge in [-0.05, 0) is 83.0 Å². The van der Waals surface area contributed by atoms with Crippen molar-refractivity contribution >= 4 is 5.97 Å². The van der Waals surface area contributed by atoms with Gasteiger partial charge in [-0.15, -0.1) is 0 Å². The van der Waals surface area contributed by atoms with E-state index in [1.807, 2.05) is 6.92 Å². The zero-order valence-electron chi connectivity index (χ0n) is 22.2. The van der Waals surface area contributed by atoms with E-state index in [1.165, 1.54) is 83.5 Å². The lowest BCUT2D eigenvalue weighted by Crippen LogP contribution is -2.32. The maximum absolute atomic E-state index is 11.7. The highest BCUT2D eigenvalue weighted by molar-refractivity contribution is 5.69. The molecule has 4 nitrogen and oxygen atoms in total. The summed E-state index contributed by atoms with van der Waals surface area (Å²) in [6.45, 7) is 7.82. The maximum Gasteiger partial charge on any atom is 0.306 e. The number of carbonyl (C=O) groups is 1. The largest absolute Gasteiger partial charge is 0.460 e. The molecule has 2 aliphatic carbocycles. The second kappa shape index (κ2) is 17.8. The van der Waals surface area contributed by atoms with Crippen molar-refractivity contribution in [3.05, 3.63) is 0 Å². The van der Waals surface area contributed by atoms with E-state index in [2.05, 4.69) is 13.8 Å². The summed E-state index contributed by atoms with van der Waals surface area (Å²) in [5.74, 6) is 1.68. The Bertz CT molecular complexity index is 478. The summed E-state index contributed by atoms with van der Waals surface area (Å²) >= 11 is 0. The molecule has 0 aromatic rings. The first-order valence-electron chi connectivity index (χ1n) is 14.5. The van der Waals surface area contributed by atoms with Gasteiger partial charge >= 0.3 is 5.97 Å². The van der Waals surface area contributed by atoms with Crippen LogP contribution in [0.4, 0.5) is 0 Å². The molecule has 33 heavy (non-hydrogen) atoms. The fraction of sp³-hybridized carbons (Fsp3) is 0.966. The summed E-state index contributed by atoms with van der Waals surface area (Å²) in [5, 5.41) is 0. The summed E-state index contributed by atoms with van der Waals surface area (Å²) in [5.41, 5.74) is 0. The Balaban J connectivity index is 1.48. The summed E-state index contributed by atoms with van der Waals surface area (Å²) in [6, 6.07) is 0. The van der Waals surface area contributed by atoms with Crippen molar-refractivity contribution < 1.29 is 19.0 Å². The Hall–Kier alpha value is -0.610. The van der Waals surface area contributed by atoms with Crippen LogP contribution in [-0.4, -0.2) is 37.5 Å². The van der Waals surface area contributed by atoms with Gasteiger partial charge in [-0.2, -0.15) is 0 Å². The predicted molar refractivity (Wildman–Crippen MR) is 136 cm³/mol. The van der Waals surface area contributed by atoms with Crippen LogP contribution in [0, 0.1) is 11.8 Å². The lowest BCUT2D eigenvalue weighted by molar-refractivity contribution is -0.152. The van der Waals surface area contributed by atoms with Crippen LogP contribution in [0.5, 0.6) is 0 Å². The fourth-order valence-electron chi connectivity index (χ4n) is 5.67. The van der Waals surface area contributed by atoms with Crippen LogP contribution in [0.3, 0.4) is 0 Å². The van der Waals surface area contributed by atoms with E-state index in [1.54, 1.807) is 0 Å². The Morgan fingerprint density at radius 3 is 1.79 bits per heavy atom. The van der Waals surface area contributed by atoms with Crippen LogP contribution in [0.2, 0.25) is 0 Å². The number of ether oxygens (including phenoxy) is 3. The van der Waals surface area contributed by atoms with Gasteiger partial charge in [0.1, 0.15) is 6.10 Å². The van der Waals surface area contributed by atoms with Crippen molar-refractivity contribution in [2.45, 2.75) is 155 Å². The van der Waals surface area contributed by atoms with Gasteiger partial charge in [-0.1, -0.05) is 58.8 Å². The van der Waals surface area contributed by atoms with Gasteiger partial charge in [0.05, 0.1) is 18.8 Å². The van der Waals surface area contributed by atoms with E-state index in [-0.39, 0.29) is 12.1 Å². The van der Waals surface area contributed by atoms with Gasteiger partial charge in [-0.25, -0.2) is 0 Å². The number of carbonyl (C=O) groups excluding carboxylic acids is 1. The zero-order chi connectivity index (χ0) is 23.7. The highest BCUT2D eigenvalue weighted by Crippen LogP contribution is 2.39. The average Bonchev–Trinajstić information content (AvgIpc) is 2.84. The minimum Gasteiger partial charge on any atom is -0.460 e. The molecule has 0 aliphatic heterocycles. The third kappa shape index (κ3) is 12.6. The molecule has 2 saturated carbocycles. The van der Waals surface area contributed by atoms with Crippen LogP contribution < -0.4 is 0 Å².